The van der Waals surface area contributed by atoms with E-state index in [0.29, 0.717) is 27.2 Å². The van der Waals surface area contributed by atoms with E-state index < -0.39 is 11.9 Å². The molecule has 2 aromatic rings. The van der Waals surface area contributed by atoms with Gasteiger partial charge in [-0.3, -0.25) is 4.79 Å². The lowest BCUT2D eigenvalue weighted by Crippen LogP contribution is -2.20. The maximum absolute atomic E-state index is 11.9. The van der Waals surface area contributed by atoms with E-state index in [1.807, 2.05) is 12.1 Å². The lowest BCUT2D eigenvalue weighted by molar-refractivity contribution is -0.119. The molecule has 6 heteroatoms. The Bertz CT molecular complexity index is 742. The molecule has 0 aliphatic rings. The van der Waals surface area contributed by atoms with Gasteiger partial charge in [0.1, 0.15) is 0 Å². The maximum Gasteiger partial charge on any atom is 0.338 e. The van der Waals surface area contributed by atoms with Gasteiger partial charge in [0, 0.05) is 5.69 Å². The first-order valence-electron chi connectivity index (χ1n) is 7.39. The van der Waals surface area contributed by atoms with Crippen LogP contribution in [0.25, 0.3) is 0 Å². The summed E-state index contributed by atoms with van der Waals surface area (Å²) in [5, 5.41) is 3.31. The number of carbonyl (C=O) groups is 2. The van der Waals surface area contributed by atoms with E-state index in [1.54, 1.807) is 24.3 Å². The zero-order chi connectivity index (χ0) is 17.7. The number of esters is 1. The van der Waals surface area contributed by atoms with E-state index in [0.717, 1.165) is 5.56 Å². The van der Waals surface area contributed by atoms with Gasteiger partial charge in [-0.05, 0) is 41.8 Å². The molecule has 0 saturated carbocycles. The molecule has 24 heavy (non-hydrogen) atoms. The van der Waals surface area contributed by atoms with Gasteiger partial charge in [0.25, 0.3) is 5.91 Å². The number of anilines is 1. The lowest BCUT2D eigenvalue weighted by atomic mass is 10.0. The van der Waals surface area contributed by atoms with Gasteiger partial charge in [-0.15, -0.1) is 0 Å². The fraction of sp³-hybridized carbons (Fsp3) is 0.222. The first kappa shape index (κ1) is 18.3. The van der Waals surface area contributed by atoms with E-state index in [2.05, 4.69) is 19.2 Å². The Morgan fingerprint density at radius 3 is 2.29 bits per heavy atom. The summed E-state index contributed by atoms with van der Waals surface area (Å²) in [5.74, 6) is -0.623. The first-order valence-corrected chi connectivity index (χ1v) is 8.14. The average Bonchev–Trinajstić information content (AvgIpc) is 2.56. The van der Waals surface area contributed by atoms with Gasteiger partial charge >= 0.3 is 5.97 Å². The second-order valence-electron chi connectivity index (χ2n) is 5.53. The molecule has 0 bridgehead atoms. The number of halogens is 2. The third kappa shape index (κ3) is 4.98. The number of ether oxygens (including phenoxy) is 1. The van der Waals surface area contributed by atoms with Crippen LogP contribution in [0, 0.1) is 0 Å². The highest BCUT2D eigenvalue weighted by Gasteiger charge is 2.11. The highest BCUT2D eigenvalue weighted by atomic mass is 35.5. The van der Waals surface area contributed by atoms with Crippen molar-refractivity contribution in [2.75, 3.05) is 11.9 Å². The van der Waals surface area contributed by atoms with Crippen molar-refractivity contribution in [1.29, 1.82) is 0 Å². The number of amides is 1. The van der Waals surface area contributed by atoms with E-state index in [-0.39, 0.29) is 6.61 Å². The molecule has 0 spiro atoms. The molecule has 2 rings (SSSR count). The Morgan fingerprint density at radius 1 is 1.04 bits per heavy atom. The largest absolute Gasteiger partial charge is 0.452 e. The summed E-state index contributed by atoms with van der Waals surface area (Å²) in [6, 6.07) is 11.8. The van der Waals surface area contributed by atoms with Gasteiger partial charge in [0.2, 0.25) is 0 Å². The number of benzene rings is 2. The minimum Gasteiger partial charge on any atom is -0.452 e. The molecule has 0 aromatic heterocycles. The topological polar surface area (TPSA) is 55.4 Å². The van der Waals surface area contributed by atoms with Crippen molar-refractivity contribution in [1.82, 2.24) is 0 Å². The van der Waals surface area contributed by atoms with Crippen LogP contribution in [-0.4, -0.2) is 18.5 Å². The van der Waals surface area contributed by atoms with Crippen molar-refractivity contribution < 1.29 is 14.3 Å². The smallest absolute Gasteiger partial charge is 0.338 e. The average molecular weight is 366 g/mol. The van der Waals surface area contributed by atoms with Gasteiger partial charge in [-0.2, -0.15) is 0 Å². The van der Waals surface area contributed by atoms with E-state index in [9.17, 15) is 9.59 Å². The molecule has 2 aromatic carbocycles. The first-order chi connectivity index (χ1) is 11.4. The zero-order valence-corrected chi connectivity index (χ0v) is 14.8. The van der Waals surface area contributed by atoms with Crippen molar-refractivity contribution in [3.8, 4) is 0 Å². The van der Waals surface area contributed by atoms with Crippen molar-refractivity contribution >= 4 is 40.8 Å². The third-order valence-corrected chi connectivity index (χ3v) is 4.09. The van der Waals surface area contributed by atoms with Crippen LogP contribution >= 0.6 is 23.2 Å². The number of carbonyl (C=O) groups excluding carboxylic acids is 2. The molecule has 4 nitrogen and oxygen atoms in total. The van der Waals surface area contributed by atoms with E-state index >= 15 is 0 Å². The summed E-state index contributed by atoms with van der Waals surface area (Å²) in [7, 11) is 0. The Balaban J connectivity index is 1.88. The highest BCUT2D eigenvalue weighted by Crippen LogP contribution is 2.24. The van der Waals surface area contributed by atoms with Crippen LogP contribution in [0.15, 0.2) is 42.5 Å². The standard InChI is InChI=1S/C18H17Cl2NO3/c1-11(2)12-3-5-13(6-4-12)18(23)24-10-17(22)21-14-7-8-15(19)16(20)9-14/h3-9,11H,10H2,1-2H3,(H,21,22). The van der Waals surface area contributed by atoms with Crippen molar-refractivity contribution in [2.24, 2.45) is 0 Å². The van der Waals surface area contributed by atoms with Crippen molar-refractivity contribution in [2.45, 2.75) is 19.8 Å². The van der Waals surface area contributed by atoms with E-state index in [4.69, 9.17) is 27.9 Å². The van der Waals surface area contributed by atoms with Crippen molar-refractivity contribution in [3.63, 3.8) is 0 Å². The van der Waals surface area contributed by atoms with Gasteiger partial charge in [0.05, 0.1) is 15.6 Å². The summed E-state index contributed by atoms with van der Waals surface area (Å²) < 4.78 is 5.01. The monoisotopic (exact) mass is 365 g/mol. The summed E-state index contributed by atoms with van der Waals surface area (Å²) in [5.41, 5.74) is 2.01. The number of hydrogen-bond acceptors (Lipinski definition) is 3. The second-order valence-corrected chi connectivity index (χ2v) is 6.34. The molecule has 1 N–H and O–H groups in total. The summed E-state index contributed by atoms with van der Waals surface area (Å²) in [6.45, 7) is 3.76. The van der Waals surface area contributed by atoms with Gasteiger partial charge in [0.15, 0.2) is 6.61 Å². The van der Waals surface area contributed by atoms with Crippen LogP contribution in [-0.2, 0) is 9.53 Å². The van der Waals surface area contributed by atoms with Crippen LogP contribution in [0.3, 0.4) is 0 Å². The Labute approximate surface area is 150 Å². The van der Waals surface area contributed by atoms with Gasteiger partial charge < -0.3 is 10.1 Å². The van der Waals surface area contributed by atoms with Gasteiger partial charge in [-0.1, -0.05) is 49.2 Å². The van der Waals surface area contributed by atoms with E-state index in [1.165, 1.54) is 6.07 Å². The zero-order valence-electron chi connectivity index (χ0n) is 13.3. The predicted molar refractivity (Wildman–Crippen MR) is 95.9 cm³/mol. The number of hydrogen-bond donors (Lipinski definition) is 1. The third-order valence-electron chi connectivity index (χ3n) is 3.35. The summed E-state index contributed by atoms with van der Waals surface area (Å²) in [4.78, 5) is 23.8. The minimum atomic E-state index is -0.547. The Kier molecular flexibility index (Phi) is 6.23. The van der Waals surface area contributed by atoms with Crippen LogP contribution in [0.4, 0.5) is 5.69 Å². The van der Waals surface area contributed by atoms with Crippen molar-refractivity contribution in [3.05, 3.63) is 63.6 Å². The summed E-state index contributed by atoms with van der Waals surface area (Å²) in [6.07, 6.45) is 0. The molecule has 0 fully saturated rings. The molecular formula is C18H17Cl2NO3. The van der Waals surface area contributed by atoms with Crippen LogP contribution in [0.5, 0.6) is 0 Å². The quantitative estimate of drug-likeness (QED) is 0.765. The van der Waals surface area contributed by atoms with Crippen LogP contribution in [0.1, 0.15) is 35.7 Å². The molecule has 0 heterocycles. The fourth-order valence-electron chi connectivity index (χ4n) is 1.99. The molecule has 0 unspecified atom stereocenters. The molecule has 0 atom stereocenters. The minimum absolute atomic E-state index is 0.330. The predicted octanol–water partition coefficient (Wildman–Crippen LogP) is 4.91. The second kappa shape index (κ2) is 8.18. The number of rotatable bonds is 5. The SMILES string of the molecule is CC(C)c1ccc(C(=O)OCC(=O)Nc2ccc(Cl)c(Cl)c2)cc1. The van der Waals surface area contributed by atoms with Crippen LogP contribution < -0.4 is 5.32 Å². The number of nitrogens with one attached hydrogen (secondary N) is 1. The normalized spacial score (nSPS) is 10.5. The Hall–Kier alpha value is -2.04. The Morgan fingerprint density at radius 2 is 1.71 bits per heavy atom. The lowest BCUT2D eigenvalue weighted by Gasteiger charge is -2.08. The molecule has 1 amide bonds. The molecule has 0 aliphatic carbocycles. The maximum atomic E-state index is 11.9. The molecular weight excluding hydrogens is 349 g/mol. The molecule has 0 saturated heterocycles. The van der Waals surface area contributed by atoms with Crippen LogP contribution in [0.2, 0.25) is 10.0 Å². The van der Waals surface area contributed by atoms with Gasteiger partial charge in [-0.25, -0.2) is 4.79 Å². The fourth-order valence-corrected chi connectivity index (χ4v) is 2.29. The molecule has 0 radical (unpaired) electrons. The summed E-state index contributed by atoms with van der Waals surface area (Å²) >= 11 is 11.7. The highest BCUT2D eigenvalue weighted by molar-refractivity contribution is 6.42. The molecule has 126 valence electrons. The molecule has 0 aliphatic heterocycles.